The molecule has 3 rings (SSSR count). The Labute approximate surface area is 127 Å². The van der Waals surface area contributed by atoms with Gasteiger partial charge >= 0.3 is 0 Å². The quantitative estimate of drug-likeness (QED) is 0.819. The number of rotatable bonds is 2. The van der Waals surface area contributed by atoms with Crippen LogP contribution in [-0.4, -0.2) is 11.2 Å². The summed E-state index contributed by atoms with van der Waals surface area (Å²) in [5, 5.41) is 4.01. The molecule has 0 saturated heterocycles. The molecule has 2 nitrogen and oxygen atoms in total. The van der Waals surface area contributed by atoms with Gasteiger partial charge in [-0.15, -0.1) is 0 Å². The van der Waals surface area contributed by atoms with Crippen LogP contribution >= 0.6 is 15.9 Å². The number of halogens is 1. The van der Waals surface area contributed by atoms with E-state index in [1.54, 1.807) is 0 Å². The highest BCUT2D eigenvalue weighted by atomic mass is 79.9. The van der Waals surface area contributed by atoms with Crippen LogP contribution in [0.2, 0.25) is 0 Å². The van der Waals surface area contributed by atoms with Crippen LogP contribution in [0.15, 0.2) is 59.3 Å². The molecule has 1 amide bonds. The highest BCUT2D eigenvalue weighted by Gasteiger charge is 2.22. The molecule has 0 atom stereocenters. The number of hydrogen-bond acceptors (Lipinski definition) is 1. The second kappa shape index (κ2) is 5.80. The molecule has 3 heteroatoms. The van der Waals surface area contributed by atoms with Crippen molar-refractivity contribution in [1.29, 1.82) is 0 Å². The van der Waals surface area contributed by atoms with Gasteiger partial charge in [-0.05, 0) is 41.7 Å². The molecule has 1 aromatic carbocycles. The minimum atomic E-state index is -0.00279. The van der Waals surface area contributed by atoms with Crippen LogP contribution in [0.3, 0.4) is 0 Å². The lowest BCUT2D eigenvalue weighted by Gasteiger charge is -2.17. The van der Waals surface area contributed by atoms with Crippen molar-refractivity contribution < 1.29 is 4.79 Å². The molecule has 1 aliphatic carbocycles. The first kappa shape index (κ1) is 13.4. The van der Waals surface area contributed by atoms with E-state index in [0.29, 0.717) is 0 Å². The molecule has 0 saturated carbocycles. The Morgan fingerprint density at radius 2 is 2.15 bits per heavy atom. The number of allylic oxidation sites excluding steroid dienone is 5. The van der Waals surface area contributed by atoms with E-state index in [4.69, 9.17) is 0 Å². The maximum Gasteiger partial charge on any atom is 0.255 e. The molecule has 1 aromatic rings. The SMILES string of the molecule is O=C1NC2=C(Cc3ccccc31)C(=CCCBr)CC=C2. The molecule has 1 aliphatic heterocycles. The monoisotopic (exact) mass is 329 g/mol. The first-order valence-corrected chi connectivity index (χ1v) is 7.96. The number of amides is 1. The summed E-state index contributed by atoms with van der Waals surface area (Å²) in [6.45, 7) is 0. The molecule has 1 heterocycles. The van der Waals surface area contributed by atoms with Gasteiger partial charge in [0.05, 0.1) is 0 Å². The summed E-state index contributed by atoms with van der Waals surface area (Å²) in [7, 11) is 0. The smallest absolute Gasteiger partial charge is 0.255 e. The van der Waals surface area contributed by atoms with Gasteiger partial charge in [-0.2, -0.15) is 0 Å². The van der Waals surface area contributed by atoms with E-state index in [1.807, 2.05) is 30.3 Å². The zero-order valence-electron chi connectivity index (χ0n) is 11.2. The minimum Gasteiger partial charge on any atom is -0.322 e. The zero-order chi connectivity index (χ0) is 13.9. The Balaban J connectivity index is 2.04. The zero-order valence-corrected chi connectivity index (χ0v) is 12.7. The third-order valence-electron chi connectivity index (χ3n) is 3.71. The molecule has 0 unspecified atom stereocenters. The number of nitrogens with one attached hydrogen (secondary N) is 1. The number of fused-ring (bicyclic) bond motifs is 1. The molecule has 1 N–H and O–H groups in total. The number of hydrogen-bond donors (Lipinski definition) is 1. The van der Waals surface area contributed by atoms with Crippen molar-refractivity contribution in [2.45, 2.75) is 19.3 Å². The predicted octanol–water partition coefficient (Wildman–Crippen LogP) is 3.90. The average Bonchev–Trinajstić information content (AvgIpc) is 2.61. The van der Waals surface area contributed by atoms with Gasteiger partial charge in [-0.3, -0.25) is 4.79 Å². The van der Waals surface area contributed by atoms with Crippen molar-refractivity contribution in [3.63, 3.8) is 0 Å². The summed E-state index contributed by atoms with van der Waals surface area (Å²) < 4.78 is 0. The van der Waals surface area contributed by atoms with E-state index in [1.165, 1.54) is 11.1 Å². The normalized spacial score (nSPS) is 19.4. The van der Waals surface area contributed by atoms with Gasteiger partial charge in [0.2, 0.25) is 0 Å². The minimum absolute atomic E-state index is 0.00279. The Kier molecular flexibility index (Phi) is 3.88. The first-order chi connectivity index (χ1) is 9.79. The maximum absolute atomic E-state index is 12.3. The van der Waals surface area contributed by atoms with Crippen molar-refractivity contribution in [3.05, 3.63) is 70.5 Å². The average molecular weight is 330 g/mol. The Bertz CT molecular complexity index is 640. The van der Waals surface area contributed by atoms with Gasteiger partial charge < -0.3 is 5.32 Å². The van der Waals surface area contributed by atoms with Crippen molar-refractivity contribution in [1.82, 2.24) is 5.32 Å². The van der Waals surface area contributed by atoms with Gasteiger partial charge in [0, 0.05) is 23.0 Å². The largest absolute Gasteiger partial charge is 0.322 e. The van der Waals surface area contributed by atoms with Crippen molar-refractivity contribution in [2.24, 2.45) is 0 Å². The van der Waals surface area contributed by atoms with Gasteiger partial charge in [-0.25, -0.2) is 0 Å². The fraction of sp³-hybridized carbons (Fsp3) is 0.235. The molecule has 0 fully saturated rings. The van der Waals surface area contributed by atoms with E-state index < -0.39 is 0 Å². The van der Waals surface area contributed by atoms with E-state index >= 15 is 0 Å². The molecule has 102 valence electrons. The van der Waals surface area contributed by atoms with Crippen LogP contribution in [-0.2, 0) is 6.42 Å². The van der Waals surface area contributed by atoms with Crippen LogP contribution in [0.1, 0.15) is 28.8 Å². The summed E-state index contributed by atoms with van der Waals surface area (Å²) in [6, 6.07) is 7.86. The molecule has 0 aromatic heterocycles. The summed E-state index contributed by atoms with van der Waals surface area (Å²) in [5.41, 5.74) is 5.44. The van der Waals surface area contributed by atoms with Gasteiger partial charge in [0.15, 0.2) is 0 Å². The van der Waals surface area contributed by atoms with Crippen molar-refractivity contribution >= 4 is 21.8 Å². The van der Waals surface area contributed by atoms with Crippen LogP contribution in [0, 0.1) is 0 Å². The molecule has 0 radical (unpaired) electrons. The molecule has 2 aliphatic rings. The molecule has 20 heavy (non-hydrogen) atoms. The van der Waals surface area contributed by atoms with E-state index in [-0.39, 0.29) is 5.91 Å². The second-order valence-electron chi connectivity index (χ2n) is 4.99. The van der Waals surface area contributed by atoms with E-state index in [2.05, 4.69) is 33.4 Å². The van der Waals surface area contributed by atoms with Gasteiger partial charge in [-0.1, -0.05) is 46.3 Å². The summed E-state index contributed by atoms with van der Waals surface area (Å²) in [4.78, 5) is 12.3. The highest BCUT2D eigenvalue weighted by molar-refractivity contribution is 9.09. The first-order valence-electron chi connectivity index (χ1n) is 6.84. The molecular formula is C17H16BrNO. The van der Waals surface area contributed by atoms with Crippen molar-refractivity contribution in [3.8, 4) is 0 Å². The molecule has 0 spiro atoms. The van der Waals surface area contributed by atoms with Crippen molar-refractivity contribution in [2.75, 3.05) is 5.33 Å². The lowest BCUT2D eigenvalue weighted by molar-refractivity contribution is 0.0967. The maximum atomic E-state index is 12.3. The van der Waals surface area contributed by atoms with E-state index in [9.17, 15) is 4.79 Å². The topological polar surface area (TPSA) is 29.1 Å². The standard InChI is InChI=1S/C17H16BrNO/c18-10-4-7-12-6-3-9-16-15(12)11-13-5-1-2-8-14(13)17(20)19-16/h1-3,5,7-9H,4,6,10-11H2,(H,19,20). The lowest BCUT2D eigenvalue weighted by atomic mass is 9.90. The van der Waals surface area contributed by atoms with Crippen LogP contribution in [0.25, 0.3) is 0 Å². The summed E-state index contributed by atoms with van der Waals surface area (Å²) in [5.74, 6) is -0.00279. The van der Waals surface area contributed by atoms with Gasteiger partial charge in [0.25, 0.3) is 5.91 Å². The summed E-state index contributed by atoms with van der Waals surface area (Å²) >= 11 is 3.47. The Morgan fingerprint density at radius 3 is 3.00 bits per heavy atom. The van der Waals surface area contributed by atoms with E-state index in [0.717, 1.165) is 41.4 Å². The van der Waals surface area contributed by atoms with Crippen LogP contribution in [0.5, 0.6) is 0 Å². The predicted molar refractivity (Wildman–Crippen MR) is 84.9 cm³/mol. The molecular weight excluding hydrogens is 314 g/mol. The number of carbonyl (C=O) groups is 1. The fourth-order valence-electron chi connectivity index (χ4n) is 2.74. The lowest BCUT2D eigenvalue weighted by Crippen LogP contribution is -2.22. The Morgan fingerprint density at radius 1 is 1.30 bits per heavy atom. The number of alkyl halides is 1. The number of carbonyl (C=O) groups excluding carboxylic acids is 1. The van der Waals surface area contributed by atoms with Gasteiger partial charge in [0.1, 0.15) is 0 Å². The van der Waals surface area contributed by atoms with Crippen LogP contribution < -0.4 is 5.32 Å². The molecule has 0 bridgehead atoms. The van der Waals surface area contributed by atoms with Crippen LogP contribution in [0.4, 0.5) is 0 Å². The summed E-state index contributed by atoms with van der Waals surface area (Å²) in [6.07, 6.45) is 9.20. The Hall–Kier alpha value is -1.61. The number of benzene rings is 1. The fourth-order valence-corrected chi connectivity index (χ4v) is 2.97. The third kappa shape index (κ3) is 2.50. The third-order valence-corrected chi connectivity index (χ3v) is 4.17. The highest BCUT2D eigenvalue weighted by Crippen LogP contribution is 2.30. The second-order valence-corrected chi connectivity index (χ2v) is 5.79.